The lowest BCUT2D eigenvalue weighted by molar-refractivity contribution is -0.119. The SMILES string of the molecule is CNC(=O)CN=C(NN)Nc1ccccc1. The van der Waals surface area contributed by atoms with Crippen LogP contribution < -0.4 is 21.9 Å². The molecule has 0 unspecified atom stereocenters. The molecule has 0 atom stereocenters. The zero-order chi connectivity index (χ0) is 11.8. The largest absolute Gasteiger partial charge is 0.358 e. The molecule has 0 aliphatic rings. The Kier molecular flexibility index (Phi) is 4.81. The predicted octanol–water partition coefficient (Wildman–Crippen LogP) is -0.336. The van der Waals surface area contributed by atoms with Gasteiger partial charge in [-0.3, -0.25) is 10.2 Å². The Bertz CT molecular complexity index is 363. The van der Waals surface area contributed by atoms with Crippen LogP contribution in [0.15, 0.2) is 35.3 Å². The smallest absolute Gasteiger partial charge is 0.241 e. The van der Waals surface area contributed by atoms with Crippen molar-refractivity contribution >= 4 is 17.6 Å². The summed E-state index contributed by atoms with van der Waals surface area (Å²) in [5, 5.41) is 5.41. The van der Waals surface area contributed by atoms with Crippen LogP contribution in [0.5, 0.6) is 0 Å². The Hall–Kier alpha value is -2.08. The maximum atomic E-state index is 11.0. The van der Waals surface area contributed by atoms with Crippen LogP contribution in [0.2, 0.25) is 0 Å². The topological polar surface area (TPSA) is 91.5 Å². The van der Waals surface area contributed by atoms with Crippen LogP contribution >= 0.6 is 0 Å². The summed E-state index contributed by atoms with van der Waals surface area (Å²) in [5.41, 5.74) is 3.23. The lowest BCUT2D eigenvalue weighted by atomic mass is 10.3. The number of carbonyl (C=O) groups is 1. The van der Waals surface area contributed by atoms with E-state index in [4.69, 9.17) is 5.84 Å². The Morgan fingerprint density at radius 1 is 1.38 bits per heavy atom. The monoisotopic (exact) mass is 221 g/mol. The van der Waals surface area contributed by atoms with Crippen molar-refractivity contribution in [3.8, 4) is 0 Å². The number of hydrazine groups is 1. The number of amides is 1. The van der Waals surface area contributed by atoms with Crippen LogP contribution in [-0.4, -0.2) is 25.5 Å². The third kappa shape index (κ3) is 3.97. The molecule has 0 bridgehead atoms. The summed E-state index contributed by atoms with van der Waals surface area (Å²) < 4.78 is 0. The molecule has 0 saturated heterocycles. The minimum Gasteiger partial charge on any atom is -0.358 e. The van der Waals surface area contributed by atoms with Crippen LogP contribution in [0.3, 0.4) is 0 Å². The van der Waals surface area contributed by atoms with E-state index in [0.29, 0.717) is 5.96 Å². The van der Waals surface area contributed by atoms with Gasteiger partial charge in [0.2, 0.25) is 11.9 Å². The number of nitrogens with zero attached hydrogens (tertiary/aromatic N) is 1. The van der Waals surface area contributed by atoms with E-state index in [0.717, 1.165) is 5.69 Å². The highest BCUT2D eigenvalue weighted by molar-refractivity contribution is 5.94. The third-order valence-electron chi connectivity index (χ3n) is 1.83. The van der Waals surface area contributed by atoms with Gasteiger partial charge in [-0.15, -0.1) is 0 Å². The van der Waals surface area contributed by atoms with Gasteiger partial charge < -0.3 is 10.6 Å². The fraction of sp³-hybridized carbons (Fsp3) is 0.200. The first-order valence-electron chi connectivity index (χ1n) is 4.80. The number of anilines is 1. The Morgan fingerprint density at radius 2 is 2.06 bits per heavy atom. The molecule has 86 valence electrons. The average Bonchev–Trinajstić information content (AvgIpc) is 2.35. The van der Waals surface area contributed by atoms with Gasteiger partial charge in [0, 0.05) is 12.7 Å². The van der Waals surface area contributed by atoms with Crippen molar-refractivity contribution < 1.29 is 4.79 Å². The zero-order valence-corrected chi connectivity index (χ0v) is 9.03. The fourth-order valence-electron chi connectivity index (χ4n) is 1.01. The third-order valence-corrected chi connectivity index (χ3v) is 1.83. The summed E-state index contributed by atoms with van der Waals surface area (Å²) in [7, 11) is 1.55. The predicted molar refractivity (Wildman–Crippen MR) is 63.8 cm³/mol. The molecular formula is C10H15N5O. The molecule has 0 spiro atoms. The van der Waals surface area contributed by atoms with Crippen LogP contribution in [-0.2, 0) is 4.79 Å². The molecule has 1 aromatic rings. The van der Waals surface area contributed by atoms with Crippen molar-refractivity contribution in [2.24, 2.45) is 10.8 Å². The van der Waals surface area contributed by atoms with E-state index >= 15 is 0 Å². The van der Waals surface area contributed by atoms with E-state index in [2.05, 4.69) is 21.1 Å². The molecule has 0 saturated carbocycles. The summed E-state index contributed by atoms with van der Waals surface area (Å²) in [6, 6.07) is 9.41. The van der Waals surface area contributed by atoms with E-state index in [1.807, 2.05) is 30.3 Å². The van der Waals surface area contributed by atoms with E-state index in [1.54, 1.807) is 7.05 Å². The second-order valence-electron chi connectivity index (χ2n) is 2.97. The van der Waals surface area contributed by atoms with Crippen LogP contribution in [0.25, 0.3) is 0 Å². The van der Waals surface area contributed by atoms with Crippen molar-refractivity contribution in [2.75, 3.05) is 18.9 Å². The maximum absolute atomic E-state index is 11.0. The molecule has 1 amide bonds. The standard InChI is InChI=1S/C10H15N5O/c1-12-9(16)7-13-10(15-11)14-8-5-3-2-4-6-8/h2-6H,7,11H2,1H3,(H,12,16)(H2,13,14,15). The fourth-order valence-corrected chi connectivity index (χ4v) is 1.01. The number of carbonyl (C=O) groups excluding carboxylic acids is 1. The number of para-hydroxylation sites is 1. The van der Waals surface area contributed by atoms with Crippen LogP contribution in [0, 0.1) is 0 Å². The molecule has 0 aliphatic heterocycles. The molecule has 0 heterocycles. The van der Waals surface area contributed by atoms with E-state index < -0.39 is 0 Å². The highest BCUT2D eigenvalue weighted by atomic mass is 16.1. The number of benzene rings is 1. The van der Waals surface area contributed by atoms with Crippen molar-refractivity contribution in [2.45, 2.75) is 0 Å². The molecule has 1 rings (SSSR count). The van der Waals surface area contributed by atoms with Gasteiger partial charge >= 0.3 is 0 Å². The second kappa shape index (κ2) is 6.41. The molecule has 0 aliphatic carbocycles. The van der Waals surface area contributed by atoms with Gasteiger partial charge in [0.25, 0.3) is 0 Å². The normalized spacial score (nSPS) is 10.8. The first-order valence-corrected chi connectivity index (χ1v) is 4.80. The van der Waals surface area contributed by atoms with Gasteiger partial charge in [-0.2, -0.15) is 0 Å². The maximum Gasteiger partial charge on any atom is 0.241 e. The van der Waals surface area contributed by atoms with Gasteiger partial charge in [-0.05, 0) is 12.1 Å². The number of hydrogen-bond donors (Lipinski definition) is 4. The highest BCUT2D eigenvalue weighted by Crippen LogP contribution is 2.03. The van der Waals surface area contributed by atoms with Crippen molar-refractivity contribution in [1.82, 2.24) is 10.7 Å². The highest BCUT2D eigenvalue weighted by Gasteiger charge is 1.99. The molecule has 0 fully saturated rings. The summed E-state index contributed by atoms with van der Waals surface area (Å²) in [4.78, 5) is 14.9. The average molecular weight is 221 g/mol. The van der Waals surface area contributed by atoms with E-state index in [1.165, 1.54) is 0 Å². The molecule has 16 heavy (non-hydrogen) atoms. The zero-order valence-electron chi connectivity index (χ0n) is 9.03. The lowest BCUT2D eigenvalue weighted by Crippen LogP contribution is -2.37. The summed E-state index contributed by atoms with van der Waals surface area (Å²) in [6.45, 7) is 0.0237. The number of nitrogens with one attached hydrogen (secondary N) is 3. The summed E-state index contributed by atoms with van der Waals surface area (Å²) in [6.07, 6.45) is 0. The quantitative estimate of drug-likeness (QED) is 0.243. The van der Waals surface area contributed by atoms with Crippen molar-refractivity contribution in [3.63, 3.8) is 0 Å². The van der Waals surface area contributed by atoms with Crippen molar-refractivity contribution in [1.29, 1.82) is 0 Å². The van der Waals surface area contributed by atoms with Gasteiger partial charge in [0.05, 0.1) is 0 Å². The number of nitrogens with two attached hydrogens (primary N) is 1. The lowest BCUT2D eigenvalue weighted by Gasteiger charge is -2.08. The van der Waals surface area contributed by atoms with Crippen molar-refractivity contribution in [3.05, 3.63) is 30.3 Å². The van der Waals surface area contributed by atoms with Gasteiger partial charge in [0.1, 0.15) is 6.54 Å². The number of rotatable bonds is 3. The number of hydrogen-bond acceptors (Lipinski definition) is 3. The van der Waals surface area contributed by atoms with Gasteiger partial charge in [0.15, 0.2) is 0 Å². The molecule has 0 aromatic heterocycles. The van der Waals surface area contributed by atoms with Crippen LogP contribution in [0.4, 0.5) is 5.69 Å². The van der Waals surface area contributed by atoms with E-state index in [-0.39, 0.29) is 12.5 Å². The van der Waals surface area contributed by atoms with Gasteiger partial charge in [-0.25, -0.2) is 10.8 Å². The first kappa shape index (κ1) is 12.0. The second-order valence-corrected chi connectivity index (χ2v) is 2.97. The number of guanidine groups is 1. The number of aliphatic imine (C=N–C) groups is 1. The molecule has 0 radical (unpaired) electrons. The summed E-state index contributed by atoms with van der Waals surface area (Å²) in [5.74, 6) is 5.44. The molecule has 6 nitrogen and oxygen atoms in total. The number of likely N-dealkylation sites (N-methyl/N-ethyl adjacent to an activating group) is 1. The Balaban J connectivity index is 2.58. The minimum absolute atomic E-state index is 0.0237. The molecule has 5 N–H and O–H groups in total. The minimum atomic E-state index is -0.178. The van der Waals surface area contributed by atoms with Gasteiger partial charge in [-0.1, -0.05) is 18.2 Å². The molecule has 6 heteroatoms. The summed E-state index contributed by atoms with van der Waals surface area (Å²) >= 11 is 0. The Labute approximate surface area is 93.9 Å². The Morgan fingerprint density at radius 3 is 2.62 bits per heavy atom. The molecule has 1 aromatic carbocycles. The first-order chi connectivity index (χ1) is 7.76. The van der Waals surface area contributed by atoms with E-state index in [9.17, 15) is 4.79 Å². The molecular weight excluding hydrogens is 206 g/mol. The van der Waals surface area contributed by atoms with Crippen LogP contribution in [0.1, 0.15) is 0 Å².